The summed E-state index contributed by atoms with van der Waals surface area (Å²) in [7, 11) is 0. The molecular weight excluding hydrogens is 522 g/mol. The first-order chi connectivity index (χ1) is 19.1. The molecule has 1 aliphatic rings. The molecule has 1 saturated heterocycles. The number of nitrogens with zero attached hydrogens (tertiary/aromatic N) is 3. The third-order valence-electron chi connectivity index (χ3n) is 5.94. The van der Waals surface area contributed by atoms with E-state index in [1.807, 2.05) is 65.8 Å². The highest BCUT2D eigenvalue weighted by molar-refractivity contribution is 7.19. The van der Waals surface area contributed by atoms with Gasteiger partial charge in [0.2, 0.25) is 0 Å². The molecule has 0 aliphatic carbocycles. The summed E-state index contributed by atoms with van der Waals surface area (Å²) in [6.07, 6.45) is 11.3. The maximum absolute atomic E-state index is 13.2. The van der Waals surface area contributed by atoms with Crippen LogP contribution < -0.4 is 5.56 Å². The summed E-state index contributed by atoms with van der Waals surface area (Å²) in [6, 6.07) is 14.7. The minimum absolute atomic E-state index is 0.0608. The summed E-state index contributed by atoms with van der Waals surface area (Å²) >= 11 is 7.37. The summed E-state index contributed by atoms with van der Waals surface area (Å²) in [6.45, 7) is 19.0. The summed E-state index contributed by atoms with van der Waals surface area (Å²) < 4.78 is 2.26. The molecule has 2 aromatic carbocycles. The Hall–Kier alpha value is -2.99. The second-order valence-electron chi connectivity index (χ2n) is 8.25. The fourth-order valence-corrected chi connectivity index (χ4v) is 5.26. The van der Waals surface area contributed by atoms with Crippen molar-refractivity contribution in [3.05, 3.63) is 99.4 Å². The van der Waals surface area contributed by atoms with Crippen LogP contribution in [0, 0.1) is 0 Å². The van der Waals surface area contributed by atoms with E-state index in [0.717, 1.165) is 22.5 Å². The van der Waals surface area contributed by atoms with E-state index in [4.69, 9.17) is 11.6 Å². The molecule has 1 aliphatic heterocycles. The van der Waals surface area contributed by atoms with E-state index in [1.165, 1.54) is 48.2 Å². The van der Waals surface area contributed by atoms with Crippen LogP contribution in [0.4, 0.5) is 0 Å². The smallest absolute Gasteiger partial charge is 0.275 e. The predicted octanol–water partition coefficient (Wildman–Crippen LogP) is 9.60. The Morgan fingerprint density at radius 2 is 1.67 bits per heavy atom. The van der Waals surface area contributed by atoms with Crippen LogP contribution in [0.25, 0.3) is 32.8 Å². The third-order valence-corrected chi connectivity index (χ3v) is 7.30. The van der Waals surface area contributed by atoms with Crippen molar-refractivity contribution in [1.82, 2.24) is 14.5 Å². The van der Waals surface area contributed by atoms with Crippen molar-refractivity contribution in [2.45, 2.75) is 60.9 Å². The summed E-state index contributed by atoms with van der Waals surface area (Å²) in [4.78, 5) is 21.2. The van der Waals surface area contributed by atoms with Crippen molar-refractivity contribution in [3.63, 3.8) is 0 Å². The number of rotatable bonds is 6. The molecule has 2 aromatic heterocycles. The van der Waals surface area contributed by atoms with E-state index >= 15 is 0 Å². The minimum Gasteiger partial charge on any atom is -0.299 e. The number of aromatic nitrogens is 2. The molecule has 0 N–H and O–H groups in total. The number of likely N-dealkylation sites (tertiary alicyclic amines) is 1. The monoisotopic (exact) mass is 563 g/mol. The second-order valence-corrected chi connectivity index (χ2v) is 9.77. The molecule has 1 fully saturated rings. The van der Waals surface area contributed by atoms with Gasteiger partial charge in [0.05, 0.1) is 11.2 Å². The van der Waals surface area contributed by atoms with Crippen molar-refractivity contribution >= 4 is 50.0 Å². The van der Waals surface area contributed by atoms with Crippen LogP contribution in [-0.4, -0.2) is 27.5 Å². The van der Waals surface area contributed by atoms with Gasteiger partial charge in [-0.2, -0.15) is 0 Å². The van der Waals surface area contributed by atoms with Gasteiger partial charge in [-0.05, 0) is 78.7 Å². The maximum atomic E-state index is 13.2. The van der Waals surface area contributed by atoms with E-state index in [1.54, 1.807) is 23.0 Å². The van der Waals surface area contributed by atoms with Gasteiger partial charge in [0.25, 0.3) is 5.56 Å². The van der Waals surface area contributed by atoms with Crippen LogP contribution in [-0.2, 0) is 6.54 Å². The molecule has 6 heteroatoms. The van der Waals surface area contributed by atoms with Gasteiger partial charge in [0.1, 0.15) is 11.0 Å². The van der Waals surface area contributed by atoms with Gasteiger partial charge in [-0.15, -0.1) is 11.3 Å². The minimum atomic E-state index is -0.0608. The SMILES string of the molecule is C=C/C(Cl)=C\C=C\c1cc2ncn(-c3ccc4cc(CN5CCCC5)ccc4c3)c(=O)c2s1.CC.CC.CC. The van der Waals surface area contributed by atoms with Crippen LogP contribution >= 0.6 is 22.9 Å². The molecule has 0 saturated carbocycles. The normalized spacial score (nSPS) is 13.4. The fraction of sp³-hybridized carbons (Fsp3) is 0.333. The van der Waals surface area contributed by atoms with Crippen LogP contribution in [0.3, 0.4) is 0 Å². The lowest BCUT2D eigenvalue weighted by Gasteiger charge is -2.15. The number of hydrogen-bond acceptors (Lipinski definition) is 4. The average molecular weight is 564 g/mol. The summed E-state index contributed by atoms with van der Waals surface area (Å²) in [5, 5.41) is 2.87. The lowest BCUT2D eigenvalue weighted by molar-refractivity contribution is 0.331. The number of hydrogen-bond donors (Lipinski definition) is 0. The largest absolute Gasteiger partial charge is 0.299 e. The van der Waals surface area contributed by atoms with Crippen LogP contribution in [0.2, 0.25) is 0 Å². The number of benzene rings is 2. The van der Waals surface area contributed by atoms with Crippen LogP contribution in [0.1, 0.15) is 64.8 Å². The van der Waals surface area contributed by atoms with Gasteiger partial charge in [0.15, 0.2) is 0 Å². The summed E-state index contributed by atoms with van der Waals surface area (Å²) in [5.74, 6) is 0. The first-order valence-corrected chi connectivity index (χ1v) is 15.2. The summed E-state index contributed by atoms with van der Waals surface area (Å²) in [5.41, 5.74) is 2.79. The van der Waals surface area contributed by atoms with Crippen molar-refractivity contribution < 1.29 is 0 Å². The van der Waals surface area contributed by atoms with E-state index in [2.05, 4.69) is 46.8 Å². The van der Waals surface area contributed by atoms with Gasteiger partial charge in [0, 0.05) is 16.5 Å². The molecule has 0 radical (unpaired) electrons. The van der Waals surface area contributed by atoms with Crippen molar-refractivity contribution in [1.29, 1.82) is 0 Å². The van der Waals surface area contributed by atoms with E-state index < -0.39 is 0 Å². The number of allylic oxidation sites excluding steroid dienone is 4. The molecule has 3 heterocycles. The van der Waals surface area contributed by atoms with Gasteiger partial charge >= 0.3 is 0 Å². The number of halogens is 1. The molecule has 0 amide bonds. The molecule has 208 valence electrons. The molecule has 0 spiro atoms. The molecule has 0 bridgehead atoms. The zero-order valence-corrected chi connectivity index (χ0v) is 25.8. The van der Waals surface area contributed by atoms with Crippen LogP contribution in [0.15, 0.2) is 83.4 Å². The Kier molecular flexibility index (Phi) is 13.9. The lowest BCUT2D eigenvalue weighted by Crippen LogP contribution is -2.18. The highest BCUT2D eigenvalue weighted by Crippen LogP contribution is 2.25. The topological polar surface area (TPSA) is 38.1 Å². The predicted molar refractivity (Wildman–Crippen MR) is 174 cm³/mol. The van der Waals surface area contributed by atoms with Gasteiger partial charge < -0.3 is 0 Å². The maximum Gasteiger partial charge on any atom is 0.275 e. The molecule has 0 atom stereocenters. The zero-order valence-electron chi connectivity index (χ0n) is 24.2. The highest BCUT2D eigenvalue weighted by Gasteiger charge is 2.13. The van der Waals surface area contributed by atoms with Gasteiger partial charge in [-0.25, -0.2) is 4.98 Å². The van der Waals surface area contributed by atoms with Crippen molar-refractivity contribution in [2.75, 3.05) is 13.1 Å². The molecule has 39 heavy (non-hydrogen) atoms. The zero-order chi connectivity index (χ0) is 28.8. The van der Waals surface area contributed by atoms with Crippen molar-refractivity contribution in [3.8, 4) is 5.69 Å². The fourth-order valence-electron chi connectivity index (χ4n) is 4.23. The Morgan fingerprint density at radius 1 is 1.00 bits per heavy atom. The van der Waals surface area contributed by atoms with Crippen LogP contribution in [0.5, 0.6) is 0 Å². The second kappa shape index (κ2) is 16.9. The highest BCUT2D eigenvalue weighted by atomic mass is 35.5. The Morgan fingerprint density at radius 3 is 2.36 bits per heavy atom. The molecule has 4 aromatic rings. The Labute approximate surface area is 243 Å². The molecular formula is C33H42ClN3OS. The van der Waals surface area contributed by atoms with Gasteiger partial charge in [-0.3, -0.25) is 14.3 Å². The Bertz CT molecular complexity index is 1460. The van der Waals surface area contributed by atoms with E-state index in [9.17, 15) is 4.79 Å². The Balaban J connectivity index is 0.000000833. The standard InChI is InChI=1S/C27H24ClN3OS.3C2H6/c1-2-22(28)6-5-7-24-16-25-26(33-24)27(32)31(18-29-25)23-11-10-20-14-19(8-9-21(20)15-23)17-30-12-3-4-13-30;3*1-2/h2,5-11,14-16,18H,1,3-4,12-13,17H2;3*1-2H3/b7-5+,22-6+;;;. The lowest BCUT2D eigenvalue weighted by atomic mass is 10.1. The number of fused-ring (bicyclic) bond motifs is 2. The quantitative estimate of drug-likeness (QED) is 0.219. The molecule has 4 nitrogen and oxygen atoms in total. The molecule has 0 unspecified atom stereocenters. The average Bonchev–Trinajstić information content (AvgIpc) is 3.66. The first-order valence-electron chi connectivity index (χ1n) is 14.0. The molecule has 5 rings (SSSR count). The van der Waals surface area contributed by atoms with Gasteiger partial charge in [-0.1, -0.05) is 90.1 Å². The third kappa shape index (κ3) is 8.50. The van der Waals surface area contributed by atoms with Crippen molar-refractivity contribution in [2.24, 2.45) is 0 Å². The van der Waals surface area contributed by atoms with E-state index in [0.29, 0.717) is 15.2 Å². The number of thiophene rings is 1. The van der Waals surface area contributed by atoms with E-state index in [-0.39, 0.29) is 5.56 Å². The first kappa shape index (κ1) is 32.2.